The number of nitrogens with zero attached hydrogens (tertiary/aromatic N) is 2. The highest BCUT2D eigenvalue weighted by Gasteiger charge is 2.34. The van der Waals surface area contributed by atoms with Crippen LogP contribution in [0.3, 0.4) is 0 Å². The molecule has 5 heteroatoms. The van der Waals surface area contributed by atoms with Crippen molar-refractivity contribution in [3.8, 4) is 0 Å². The van der Waals surface area contributed by atoms with Crippen molar-refractivity contribution in [1.29, 1.82) is 0 Å². The summed E-state index contributed by atoms with van der Waals surface area (Å²) < 4.78 is 0. The van der Waals surface area contributed by atoms with Gasteiger partial charge >= 0.3 is 0 Å². The molecule has 3 aromatic rings. The van der Waals surface area contributed by atoms with E-state index < -0.39 is 0 Å². The predicted octanol–water partition coefficient (Wildman–Crippen LogP) is 4.42. The van der Waals surface area contributed by atoms with Gasteiger partial charge in [0.15, 0.2) is 0 Å². The Hall–Kier alpha value is -3.47. The van der Waals surface area contributed by atoms with Crippen LogP contribution in [0.25, 0.3) is 0 Å². The minimum Gasteiger partial charge on any atom is -0.327 e. The lowest BCUT2D eigenvalue weighted by Gasteiger charge is -2.28. The number of rotatable bonds is 5. The van der Waals surface area contributed by atoms with Crippen molar-refractivity contribution in [1.82, 2.24) is 9.88 Å². The quantitative estimate of drug-likeness (QED) is 0.707. The minimum atomic E-state index is -0.347. The number of anilines is 1. The number of aryl methyl sites for hydroxylation is 2. The van der Waals surface area contributed by atoms with Crippen molar-refractivity contribution in [2.45, 2.75) is 32.9 Å². The van der Waals surface area contributed by atoms with E-state index in [1.165, 1.54) is 0 Å². The number of benzene rings is 2. The summed E-state index contributed by atoms with van der Waals surface area (Å²) in [6.45, 7) is 4.47. The first-order valence-corrected chi connectivity index (χ1v) is 9.69. The van der Waals surface area contributed by atoms with Crippen LogP contribution >= 0.6 is 0 Å². The fourth-order valence-corrected chi connectivity index (χ4v) is 3.70. The lowest BCUT2D eigenvalue weighted by atomic mass is 10.00. The molecule has 146 valence electrons. The molecule has 0 aliphatic carbocycles. The largest absolute Gasteiger partial charge is 0.327 e. The summed E-state index contributed by atoms with van der Waals surface area (Å²) in [4.78, 5) is 31.9. The third kappa shape index (κ3) is 4.04. The Balaban J connectivity index is 1.60. The molecule has 1 aliphatic rings. The number of hydrogen-bond donors (Lipinski definition) is 1. The van der Waals surface area contributed by atoms with E-state index in [4.69, 9.17) is 0 Å². The molecule has 4 rings (SSSR count). The molecule has 2 aromatic carbocycles. The maximum Gasteiger partial charge on any atom is 0.255 e. The lowest BCUT2D eigenvalue weighted by molar-refractivity contribution is -0.117. The Morgan fingerprint density at radius 3 is 2.55 bits per heavy atom. The van der Waals surface area contributed by atoms with E-state index >= 15 is 0 Å². The molecule has 0 fully saturated rings. The van der Waals surface area contributed by atoms with E-state index in [0.717, 1.165) is 22.3 Å². The molecule has 0 spiro atoms. The van der Waals surface area contributed by atoms with E-state index in [2.05, 4.69) is 10.3 Å². The number of fused-ring (bicyclic) bond motifs is 1. The topological polar surface area (TPSA) is 62.3 Å². The van der Waals surface area contributed by atoms with E-state index in [0.29, 0.717) is 17.9 Å². The highest BCUT2D eigenvalue weighted by atomic mass is 16.2. The zero-order valence-corrected chi connectivity index (χ0v) is 16.6. The van der Waals surface area contributed by atoms with Gasteiger partial charge < -0.3 is 10.2 Å². The van der Waals surface area contributed by atoms with Crippen molar-refractivity contribution >= 4 is 17.6 Å². The van der Waals surface area contributed by atoms with E-state index in [1.54, 1.807) is 11.1 Å². The Morgan fingerprint density at radius 1 is 1.07 bits per heavy atom. The molecule has 2 heterocycles. The molecule has 29 heavy (non-hydrogen) atoms. The molecule has 0 saturated heterocycles. The maximum atomic E-state index is 13.0. The highest BCUT2D eigenvalue weighted by molar-refractivity contribution is 5.99. The summed E-state index contributed by atoms with van der Waals surface area (Å²) in [5.74, 6) is 0.318. The van der Waals surface area contributed by atoms with Crippen LogP contribution in [0, 0.1) is 13.8 Å². The third-order valence-electron chi connectivity index (χ3n) is 5.25. The average Bonchev–Trinajstić information content (AvgIpc) is 3.04. The van der Waals surface area contributed by atoms with Crippen LogP contribution in [0.5, 0.6) is 0 Å². The van der Waals surface area contributed by atoms with Gasteiger partial charge in [0.25, 0.3) is 5.91 Å². The Morgan fingerprint density at radius 2 is 1.83 bits per heavy atom. The average molecular weight is 385 g/mol. The van der Waals surface area contributed by atoms with Crippen LogP contribution in [0.2, 0.25) is 0 Å². The first kappa shape index (κ1) is 18.9. The predicted molar refractivity (Wildman–Crippen MR) is 112 cm³/mol. The number of pyridine rings is 1. The molecule has 1 atom stereocenters. The fraction of sp³-hybridized carbons (Fsp3) is 0.208. The molecule has 1 aliphatic heterocycles. The van der Waals surface area contributed by atoms with Gasteiger partial charge in [-0.05, 0) is 48.7 Å². The van der Waals surface area contributed by atoms with Crippen molar-refractivity contribution < 1.29 is 9.59 Å². The smallest absolute Gasteiger partial charge is 0.255 e. The minimum absolute atomic E-state index is 0.0346. The van der Waals surface area contributed by atoms with Crippen LogP contribution in [-0.4, -0.2) is 21.7 Å². The van der Waals surface area contributed by atoms with Gasteiger partial charge in [-0.15, -0.1) is 0 Å². The number of amides is 2. The number of carbonyl (C=O) groups excluding carboxylic acids is 2. The van der Waals surface area contributed by atoms with E-state index in [1.807, 2.05) is 74.5 Å². The SMILES string of the molecule is Cc1ccc([C@@H](CC(=O)Nc2cc(C)ccn2)N2Cc3ccccc3C2=O)cc1. The third-order valence-corrected chi connectivity index (χ3v) is 5.25. The number of aromatic nitrogens is 1. The molecule has 2 amide bonds. The maximum absolute atomic E-state index is 13.0. The molecule has 1 aromatic heterocycles. The number of carbonyl (C=O) groups is 2. The second kappa shape index (κ2) is 7.87. The lowest BCUT2D eigenvalue weighted by Crippen LogP contribution is -2.32. The number of hydrogen-bond acceptors (Lipinski definition) is 3. The molecule has 0 bridgehead atoms. The second-order valence-corrected chi connectivity index (χ2v) is 7.49. The Kier molecular flexibility index (Phi) is 5.12. The second-order valence-electron chi connectivity index (χ2n) is 7.49. The van der Waals surface area contributed by atoms with E-state index in [-0.39, 0.29) is 24.3 Å². The normalized spacial score (nSPS) is 13.9. The van der Waals surface area contributed by atoms with Gasteiger partial charge in [-0.1, -0.05) is 48.0 Å². The molecule has 0 unspecified atom stereocenters. The summed E-state index contributed by atoms with van der Waals surface area (Å²) in [5.41, 5.74) is 4.82. The van der Waals surface area contributed by atoms with Crippen LogP contribution in [-0.2, 0) is 11.3 Å². The van der Waals surface area contributed by atoms with Crippen molar-refractivity contribution in [2.75, 3.05) is 5.32 Å². The summed E-state index contributed by atoms with van der Waals surface area (Å²) in [6.07, 6.45) is 1.83. The van der Waals surface area contributed by atoms with Crippen LogP contribution < -0.4 is 5.32 Å². The fourth-order valence-electron chi connectivity index (χ4n) is 3.70. The van der Waals surface area contributed by atoms with Crippen molar-refractivity contribution in [3.05, 3.63) is 94.7 Å². The van der Waals surface area contributed by atoms with Gasteiger partial charge in [-0.3, -0.25) is 9.59 Å². The van der Waals surface area contributed by atoms with Gasteiger partial charge in [0, 0.05) is 18.3 Å². The monoisotopic (exact) mass is 385 g/mol. The summed E-state index contributed by atoms with van der Waals surface area (Å²) in [6, 6.07) is 19.0. The molecule has 0 saturated carbocycles. The summed E-state index contributed by atoms with van der Waals surface area (Å²) >= 11 is 0. The molecule has 0 radical (unpaired) electrons. The van der Waals surface area contributed by atoms with E-state index in [9.17, 15) is 9.59 Å². The van der Waals surface area contributed by atoms with Crippen molar-refractivity contribution in [3.63, 3.8) is 0 Å². The van der Waals surface area contributed by atoms with Gasteiger partial charge in [-0.2, -0.15) is 0 Å². The summed E-state index contributed by atoms with van der Waals surface area (Å²) in [5, 5.41) is 2.87. The van der Waals surface area contributed by atoms with Gasteiger partial charge in [-0.25, -0.2) is 4.98 Å². The Labute approximate surface area is 170 Å². The molecule has 5 nitrogen and oxygen atoms in total. The van der Waals surface area contributed by atoms with Gasteiger partial charge in [0.2, 0.25) is 5.91 Å². The molecular weight excluding hydrogens is 362 g/mol. The molecule has 1 N–H and O–H groups in total. The van der Waals surface area contributed by atoms with Crippen LogP contribution in [0.4, 0.5) is 5.82 Å². The molecular formula is C24H23N3O2. The van der Waals surface area contributed by atoms with Crippen molar-refractivity contribution in [2.24, 2.45) is 0 Å². The summed E-state index contributed by atoms with van der Waals surface area (Å²) in [7, 11) is 0. The first-order chi connectivity index (χ1) is 14.0. The van der Waals surface area contributed by atoms with Gasteiger partial charge in [0.05, 0.1) is 12.5 Å². The van der Waals surface area contributed by atoms with Gasteiger partial charge in [0.1, 0.15) is 5.82 Å². The van der Waals surface area contributed by atoms with Crippen LogP contribution in [0.15, 0.2) is 66.9 Å². The highest BCUT2D eigenvalue weighted by Crippen LogP contribution is 2.33. The zero-order chi connectivity index (χ0) is 20.4. The zero-order valence-electron chi connectivity index (χ0n) is 16.6. The number of nitrogens with one attached hydrogen (secondary N) is 1. The Bertz CT molecular complexity index is 1060. The first-order valence-electron chi connectivity index (χ1n) is 9.69. The van der Waals surface area contributed by atoms with Crippen LogP contribution in [0.1, 0.15) is 45.1 Å². The standard InChI is InChI=1S/C24H23N3O2/c1-16-7-9-18(10-8-16)21(14-23(28)26-22-13-17(2)11-12-25-22)27-15-19-5-3-4-6-20(19)24(27)29/h3-13,21H,14-15H2,1-2H3,(H,25,26,28)/t21-/m1/s1.